The van der Waals surface area contributed by atoms with Crippen molar-refractivity contribution >= 4 is 38.8 Å². The molecule has 196 valence electrons. The van der Waals surface area contributed by atoms with Crippen molar-refractivity contribution in [1.29, 1.82) is 0 Å². The van der Waals surface area contributed by atoms with E-state index in [0.717, 1.165) is 18.3 Å². The van der Waals surface area contributed by atoms with Crippen LogP contribution in [0.3, 0.4) is 0 Å². The SMILES string of the molecule is CCN(C)CCS(=O)(=O)NCC1(c2ccccc2)SC(NC(=O)C(C)(C)C)=NN1C(=O)C(C)(C)C. The van der Waals surface area contributed by atoms with Gasteiger partial charge in [-0.05, 0) is 30.9 Å². The van der Waals surface area contributed by atoms with Crippen molar-refractivity contribution in [3.63, 3.8) is 0 Å². The van der Waals surface area contributed by atoms with E-state index >= 15 is 0 Å². The number of nitrogens with one attached hydrogen (secondary N) is 2. The summed E-state index contributed by atoms with van der Waals surface area (Å²) in [4.78, 5) is 27.0. The molecule has 2 N–H and O–H groups in total. The molecule has 1 unspecified atom stereocenters. The molecule has 1 aromatic rings. The van der Waals surface area contributed by atoms with Crippen LogP contribution in [-0.2, 0) is 24.5 Å². The average molecular weight is 526 g/mol. The maximum absolute atomic E-state index is 13.6. The zero-order valence-corrected chi connectivity index (χ0v) is 23.6. The first kappa shape index (κ1) is 29.3. The third-order valence-electron chi connectivity index (χ3n) is 5.57. The Hall–Kier alpha value is -1.95. The van der Waals surface area contributed by atoms with E-state index in [0.29, 0.717) is 12.1 Å². The fourth-order valence-electron chi connectivity index (χ4n) is 3.06. The van der Waals surface area contributed by atoms with E-state index in [1.165, 1.54) is 5.01 Å². The number of benzene rings is 1. The number of carbonyl (C=O) groups excluding carboxylic acids is 2. The zero-order valence-electron chi connectivity index (χ0n) is 22.0. The Labute approximate surface area is 214 Å². The van der Waals surface area contributed by atoms with Gasteiger partial charge in [-0.25, -0.2) is 18.1 Å². The van der Waals surface area contributed by atoms with Gasteiger partial charge in [0.15, 0.2) is 10.0 Å². The summed E-state index contributed by atoms with van der Waals surface area (Å²) in [5, 5.41) is 8.91. The second kappa shape index (κ2) is 11.0. The molecule has 0 saturated carbocycles. The van der Waals surface area contributed by atoms with Gasteiger partial charge in [0.05, 0.1) is 12.3 Å². The van der Waals surface area contributed by atoms with Gasteiger partial charge in [-0.2, -0.15) is 0 Å². The summed E-state index contributed by atoms with van der Waals surface area (Å²) < 4.78 is 28.5. The number of rotatable bonds is 8. The smallest absolute Gasteiger partial charge is 0.249 e. The average Bonchev–Trinajstić information content (AvgIpc) is 3.14. The number of hydrazone groups is 1. The van der Waals surface area contributed by atoms with Crippen LogP contribution >= 0.6 is 11.8 Å². The normalized spacial score (nSPS) is 19.1. The van der Waals surface area contributed by atoms with Gasteiger partial charge >= 0.3 is 0 Å². The Morgan fingerprint density at radius 2 is 1.69 bits per heavy atom. The van der Waals surface area contributed by atoms with Crippen LogP contribution in [0.25, 0.3) is 0 Å². The van der Waals surface area contributed by atoms with Gasteiger partial charge in [0.1, 0.15) is 0 Å². The quantitative estimate of drug-likeness (QED) is 0.540. The highest BCUT2D eigenvalue weighted by Crippen LogP contribution is 2.46. The molecule has 0 aromatic heterocycles. The highest BCUT2D eigenvalue weighted by molar-refractivity contribution is 8.14. The molecule has 1 aliphatic rings. The minimum Gasteiger partial charge on any atom is -0.306 e. The first-order chi connectivity index (χ1) is 16.0. The van der Waals surface area contributed by atoms with Crippen LogP contribution in [0.5, 0.6) is 0 Å². The second-order valence-electron chi connectivity index (χ2n) is 10.8. The molecule has 1 aliphatic heterocycles. The van der Waals surface area contributed by atoms with Crippen LogP contribution in [0.4, 0.5) is 0 Å². The molecule has 1 aromatic carbocycles. The first-order valence-corrected chi connectivity index (χ1v) is 14.1. The molecule has 35 heavy (non-hydrogen) atoms. The topological polar surface area (TPSA) is 111 Å². The van der Waals surface area contributed by atoms with Gasteiger partial charge in [0, 0.05) is 17.4 Å². The maximum atomic E-state index is 13.6. The molecule has 2 rings (SSSR count). The predicted octanol–water partition coefficient (Wildman–Crippen LogP) is 2.77. The molecule has 11 heteroatoms. The third kappa shape index (κ3) is 7.52. The highest BCUT2D eigenvalue weighted by Gasteiger charge is 2.51. The molecule has 0 aliphatic carbocycles. The lowest BCUT2D eigenvalue weighted by atomic mass is 9.93. The van der Waals surface area contributed by atoms with Crippen molar-refractivity contribution in [2.24, 2.45) is 15.9 Å². The van der Waals surface area contributed by atoms with Gasteiger partial charge in [0.25, 0.3) is 0 Å². The van der Waals surface area contributed by atoms with Crippen molar-refractivity contribution < 1.29 is 18.0 Å². The predicted molar refractivity (Wildman–Crippen MR) is 142 cm³/mol. The van der Waals surface area contributed by atoms with Gasteiger partial charge in [-0.3, -0.25) is 9.59 Å². The lowest BCUT2D eigenvalue weighted by Crippen LogP contribution is -2.52. The molecule has 0 saturated heterocycles. The number of nitrogens with zero attached hydrogens (tertiary/aromatic N) is 3. The molecule has 1 atom stereocenters. The molecule has 0 radical (unpaired) electrons. The molecule has 2 amide bonds. The summed E-state index contributed by atoms with van der Waals surface area (Å²) in [5.74, 6) is -0.619. The second-order valence-corrected chi connectivity index (χ2v) is 14.0. The van der Waals surface area contributed by atoms with Gasteiger partial charge in [0.2, 0.25) is 21.8 Å². The van der Waals surface area contributed by atoms with E-state index in [2.05, 4.69) is 15.1 Å². The van der Waals surface area contributed by atoms with Crippen LogP contribution in [-0.4, -0.2) is 67.7 Å². The monoisotopic (exact) mass is 525 g/mol. The van der Waals surface area contributed by atoms with Crippen molar-refractivity contribution in [3.05, 3.63) is 35.9 Å². The number of amides is 2. The van der Waals surface area contributed by atoms with E-state index in [1.54, 1.807) is 41.5 Å². The molecule has 1 heterocycles. The van der Waals surface area contributed by atoms with Crippen LogP contribution in [0.1, 0.15) is 54.0 Å². The first-order valence-electron chi connectivity index (χ1n) is 11.7. The van der Waals surface area contributed by atoms with E-state index in [1.807, 2.05) is 49.2 Å². The lowest BCUT2D eigenvalue weighted by Gasteiger charge is -2.38. The summed E-state index contributed by atoms with van der Waals surface area (Å²) >= 11 is 1.16. The molecule has 0 fully saturated rings. The molecule has 9 nitrogen and oxygen atoms in total. The van der Waals surface area contributed by atoms with Gasteiger partial charge < -0.3 is 10.2 Å². The van der Waals surface area contributed by atoms with Crippen LogP contribution in [0.2, 0.25) is 0 Å². The number of amidine groups is 1. The number of carbonyl (C=O) groups is 2. The van der Waals surface area contributed by atoms with E-state index in [9.17, 15) is 18.0 Å². The minimum atomic E-state index is -3.65. The summed E-state index contributed by atoms with van der Waals surface area (Å²) in [6.07, 6.45) is 0. The fraction of sp³-hybridized carbons (Fsp3) is 0.625. The summed E-state index contributed by atoms with van der Waals surface area (Å²) in [7, 11) is -1.79. The van der Waals surface area contributed by atoms with E-state index in [4.69, 9.17) is 0 Å². The maximum Gasteiger partial charge on any atom is 0.249 e. The molecule has 0 bridgehead atoms. The molecular formula is C24H39N5O4S2. The lowest BCUT2D eigenvalue weighted by molar-refractivity contribution is -0.143. The highest BCUT2D eigenvalue weighted by atomic mass is 32.2. The van der Waals surface area contributed by atoms with Crippen molar-refractivity contribution in [3.8, 4) is 0 Å². The number of hydrogen-bond acceptors (Lipinski definition) is 7. The van der Waals surface area contributed by atoms with Crippen molar-refractivity contribution in [2.75, 3.05) is 32.4 Å². The fourth-order valence-corrected chi connectivity index (χ4v) is 5.48. The molecule has 0 spiro atoms. The molecular weight excluding hydrogens is 486 g/mol. The largest absolute Gasteiger partial charge is 0.306 e. The standard InChI is InChI=1S/C24H39N5O4S2/c1-9-28(8)15-16-35(32,33)25-17-24(18-13-11-10-12-14-18)29(20(31)23(5,6)7)27-21(34-24)26-19(30)22(2,3)4/h10-14,25H,9,15-17H2,1-8H3,(H,26,27,30). The van der Waals surface area contributed by atoms with E-state index in [-0.39, 0.29) is 29.3 Å². The summed E-state index contributed by atoms with van der Waals surface area (Å²) in [5.41, 5.74) is -0.775. The summed E-state index contributed by atoms with van der Waals surface area (Å²) in [6, 6.07) is 9.17. The number of hydrogen-bond donors (Lipinski definition) is 2. The minimum absolute atomic E-state index is 0.0748. The number of thioether (sulfide) groups is 1. The van der Waals surface area contributed by atoms with Crippen LogP contribution < -0.4 is 10.0 Å². The Kier molecular flexibility index (Phi) is 9.19. The summed E-state index contributed by atoms with van der Waals surface area (Å²) in [6.45, 7) is 13.7. The number of sulfonamides is 1. The Morgan fingerprint density at radius 1 is 1.09 bits per heavy atom. The Bertz CT molecular complexity index is 1050. The third-order valence-corrected chi connectivity index (χ3v) is 8.14. The van der Waals surface area contributed by atoms with Crippen molar-refractivity contribution in [2.45, 2.75) is 53.3 Å². The zero-order chi connectivity index (χ0) is 26.7. The van der Waals surface area contributed by atoms with Gasteiger partial charge in [-0.15, -0.1) is 5.10 Å². The van der Waals surface area contributed by atoms with Crippen LogP contribution in [0.15, 0.2) is 35.4 Å². The van der Waals surface area contributed by atoms with E-state index < -0.39 is 25.7 Å². The Morgan fingerprint density at radius 3 is 2.20 bits per heavy atom. The van der Waals surface area contributed by atoms with Crippen molar-refractivity contribution in [1.82, 2.24) is 19.9 Å². The van der Waals surface area contributed by atoms with Crippen LogP contribution in [0, 0.1) is 10.8 Å². The Balaban J connectivity index is 2.50. The van der Waals surface area contributed by atoms with Gasteiger partial charge in [-0.1, -0.05) is 78.8 Å².